The Morgan fingerprint density at radius 1 is 1.13 bits per heavy atom. The van der Waals surface area contributed by atoms with Gasteiger partial charge in [-0.1, -0.05) is 12.1 Å². The fraction of sp³-hybridized carbons (Fsp3) is 0.286. The quantitative estimate of drug-likeness (QED) is 0.298. The molecule has 0 aliphatic carbocycles. The number of ether oxygens (including phenoxy) is 3. The fourth-order valence-corrected chi connectivity index (χ4v) is 3.45. The Morgan fingerprint density at radius 3 is 2.52 bits per heavy atom. The van der Waals surface area contributed by atoms with Crippen LogP contribution in [0.5, 0.6) is 5.75 Å². The average molecular weight is 426 g/mol. The van der Waals surface area contributed by atoms with E-state index in [9.17, 15) is 24.5 Å². The van der Waals surface area contributed by atoms with Crippen molar-refractivity contribution in [2.75, 3.05) is 6.79 Å². The molecule has 2 aromatic rings. The van der Waals surface area contributed by atoms with Gasteiger partial charge in [-0.3, -0.25) is 24.6 Å². The standard InChI is InChI=1S/C21H18N2O8/c24-18-5-6-19(25)22(18)9-13-1-3-14(4-2-13)21(26)30-11-16-8-17(23(27)28)7-15-10-29-12-31-20(15)16/h1-4,7-8H,5-6,9-12H2. The largest absolute Gasteiger partial charge is 0.467 e. The molecular formula is C21H18N2O8. The van der Waals surface area contributed by atoms with E-state index >= 15 is 0 Å². The first kappa shape index (κ1) is 20.5. The van der Waals surface area contributed by atoms with Gasteiger partial charge in [-0.05, 0) is 17.7 Å². The van der Waals surface area contributed by atoms with E-state index in [0.717, 1.165) is 0 Å². The maximum atomic E-state index is 12.4. The van der Waals surface area contributed by atoms with Crippen molar-refractivity contribution >= 4 is 23.5 Å². The molecule has 2 aliphatic rings. The molecule has 160 valence electrons. The lowest BCUT2D eigenvalue weighted by Crippen LogP contribution is -2.28. The van der Waals surface area contributed by atoms with Crippen molar-refractivity contribution in [1.82, 2.24) is 4.90 Å². The molecule has 2 aromatic carbocycles. The lowest BCUT2D eigenvalue weighted by atomic mass is 10.1. The Labute approximate surface area is 176 Å². The van der Waals surface area contributed by atoms with Crippen LogP contribution in [-0.2, 0) is 38.8 Å². The number of carbonyl (C=O) groups is 3. The number of rotatable bonds is 6. The number of likely N-dealkylation sites (tertiary alicyclic amines) is 1. The van der Waals surface area contributed by atoms with Crippen molar-refractivity contribution in [2.24, 2.45) is 0 Å². The van der Waals surface area contributed by atoms with Gasteiger partial charge >= 0.3 is 5.97 Å². The van der Waals surface area contributed by atoms with Crippen LogP contribution in [0.15, 0.2) is 36.4 Å². The number of imide groups is 1. The van der Waals surface area contributed by atoms with Crippen LogP contribution < -0.4 is 4.74 Å². The number of carbonyl (C=O) groups excluding carboxylic acids is 3. The fourth-order valence-electron chi connectivity index (χ4n) is 3.45. The van der Waals surface area contributed by atoms with E-state index in [1.54, 1.807) is 12.1 Å². The van der Waals surface area contributed by atoms with E-state index in [2.05, 4.69) is 0 Å². The van der Waals surface area contributed by atoms with Crippen LogP contribution in [-0.4, -0.2) is 34.4 Å². The molecule has 0 spiro atoms. The molecule has 0 N–H and O–H groups in total. The maximum absolute atomic E-state index is 12.4. The molecular weight excluding hydrogens is 408 g/mol. The second-order valence-corrected chi connectivity index (χ2v) is 7.11. The third kappa shape index (κ3) is 4.38. The third-order valence-corrected chi connectivity index (χ3v) is 5.03. The topological polar surface area (TPSA) is 125 Å². The SMILES string of the molecule is O=C(OCc1cc([N+](=O)[O-])cc2c1OCOC2)c1ccc(CN2C(=O)CCC2=O)cc1. The predicted molar refractivity (Wildman–Crippen MR) is 104 cm³/mol. The highest BCUT2D eigenvalue weighted by Gasteiger charge is 2.28. The summed E-state index contributed by atoms with van der Waals surface area (Å²) in [5.74, 6) is -0.616. The molecule has 2 heterocycles. The van der Waals surface area contributed by atoms with Crippen LogP contribution in [0, 0.1) is 10.1 Å². The van der Waals surface area contributed by atoms with Crippen molar-refractivity contribution in [3.8, 4) is 5.75 Å². The molecule has 2 aliphatic heterocycles. The number of fused-ring (bicyclic) bond motifs is 1. The number of nitrogens with zero attached hydrogens (tertiary/aromatic N) is 2. The van der Waals surface area contributed by atoms with Gasteiger partial charge in [-0.25, -0.2) is 4.79 Å². The molecule has 2 amide bonds. The predicted octanol–water partition coefficient (Wildman–Crippen LogP) is 2.47. The van der Waals surface area contributed by atoms with Crippen LogP contribution in [0.25, 0.3) is 0 Å². The third-order valence-electron chi connectivity index (χ3n) is 5.03. The summed E-state index contributed by atoms with van der Waals surface area (Å²) < 4.78 is 15.9. The second-order valence-electron chi connectivity index (χ2n) is 7.11. The Morgan fingerprint density at radius 2 is 1.84 bits per heavy atom. The summed E-state index contributed by atoms with van der Waals surface area (Å²) in [6.45, 7) is 0.129. The van der Waals surface area contributed by atoms with Crippen molar-refractivity contribution < 1.29 is 33.5 Å². The summed E-state index contributed by atoms with van der Waals surface area (Å²) in [6.07, 6.45) is 0.445. The minimum absolute atomic E-state index is 0.00917. The Hall–Kier alpha value is -3.79. The van der Waals surface area contributed by atoms with Crippen LogP contribution in [0.4, 0.5) is 5.69 Å². The highest BCUT2D eigenvalue weighted by atomic mass is 16.7. The zero-order valence-electron chi connectivity index (χ0n) is 16.4. The Bertz CT molecular complexity index is 1050. The number of nitro groups is 1. The van der Waals surface area contributed by atoms with Gasteiger partial charge in [0.05, 0.1) is 23.6 Å². The minimum Gasteiger partial charge on any atom is -0.467 e. The number of benzene rings is 2. The van der Waals surface area contributed by atoms with E-state index in [4.69, 9.17) is 14.2 Å². The van der Waals surface area contributed by atoms with Crippen molar-refractivity contribution in [1.29, 1.82) is 0 Å². The normalized spacial score (nSPS) is 15.4. The average Bonchev–Trinajstić information content (AvgIpc) is 3.09. The van der Waals surface area contributed by atoms with Gasteiger partial charge in [-0.2, -0.15) is 0 Å². The molecule has 4 rings (SSSR count). The van der Waals surface area contributed by atoms with Crippen molar-refractivity contribution in [3.05, 3.63) is 68.8 Å². The van der Waals surface area contributed by atoms with E-state index < -0.39 is 10.9 Å². The molecule has 10 nitrogen and oxygen atoms in total. The smallest absolute Gasteiger partial charge is 0.338 e. The van der Waals surface area contributed by atoms with E-state index in [-0.39, 0.29) is 62.5 Å². The summed E-state index contributed by atoms with van der Waals surface area (Å²) in [7, 11) is 0. The molecule has 0 aromatic heterocycles. The molecule has 0 unspecified atom stereocenters. The highest BCUT2D eigenvalue weighted by molar-refractivity contribution is 6.01. The van der Waals surface area contributed by atoms with Crippen molar-refractivity contribution in [3.63, 3.8) is 0 Å². The van der Waals surface area contributed by atoms with Crippen LogP contribution in [0.1, 0.15) is 39.9 Å². The zero-order chi connectivity index (χ0) is 22.0. The summed E-state index contributed by atoms with van der Waals surface area (Å²) in [5, 5.41) is 11.2. The second kappa shape index (κ2) is 8.52. The van der Waals surface area contributed by atoms with E-state index in [1.165, 1.54) is 29.2 Å². The van der Waals surface area contributed by atoms with Gasteiger partial charge in [0.25, 0.3) is 5.69 Å². The van der Waals surface area contributed by atoms with Gasteiger partial charge in [0.2, 0.25) is 11.8 Å². The minimum atomic E-state index is -0.618. The van der Waals surface area contributed by atoms with E-state index in [1.807, 2.05) is 0 Å². The van der Waals surface area contributed by atoms with Gasteiger partial charge in [-0.15, -0.1) is 0 Å². The molecule has 0 saturated carbocycles. The molecule has 0 radical (unpaired) electrons. The number of non-ortho nitro benzene ring substituents is 1. The van der Waals surface area contributed by atoms with E-state index in [0.29, 0.717) is 22.4 Å². The van der Waals surface area contributed by atoms with Crippen LogP contribution in [0.2, 0.25) is 0 Å². The molecule has 0 atom stereocenters. The number of esters is 1. The summed E-state index contributed by atoms with van der Waals surface area (Å²) in [5.41, 5.74) is 1.73. The first-order valence-electron chi connectivity index (χ1n) is 9.52. The summed E-state index contributed by atoms with van der Waals surface area (Å²) in [4.78, 5) is 47.7. The zero-order valence-corrected chi connectivity index (χ0v) is 16.4. The van der Waals surface area contributed by atoms with Gasteiger partial charge < -0.3 is 14.2 Å². The first-order chi connectivity index (χ1) is 14.9. The van der Waals surface area contributed by atoms with Crippen LogP contribution in [0.3, 0.4) is 0 Å². The molecule has 10 heteroatoms. The lowest BCUT2D eigenvalue weighted by Gasteiger charge is -2.20. The monoisotopic (exact) mass is 426 g/mol. The maximum Gasteiger partial charge on any atom is 0.338 e. The molecule has 1 fully saturated rings. The first-order valence-corrected chi connectivity index (χ1v) is 9.52. The number of hydrogen-bond donors (Lipinski definition) is 0. The summed E-state index contributed by atoms with van der Waals surface area (Å²) in [6, 6.07) is 9.04. The summed E-state index contributed by atoms with van der Waals surface area (Å²) >= 11 is 0. The molecule has 0 bridgehead atoms. The van der Waals surface area contributed by atoms with Gasteiger partial charge in [0.1, 0.15) is 12.4 Å². The van der Waals surface area contributed by atoms with Crippen LogP contribution >= 0.6 is 0 Å². The Balaban J connectivity index is 1.43. The number of hydrogen-bond acceptors (Lipinski definition) is 8. The molecule has 1 saturated heterocycles. The van der Waals surface area contributed by atoms with Crippen molar-refractivity contribution in [2.45, 2.75) is 32.6 Å². The molecule has 31 heavy (non-hydrogen) atoms. The number of amides is 2. The van der Waals surface area contributed by atoms with Gasteiger partial charge in [0.15, 0.2) is 6.79 Å². The number of nitro benzene ring substituents is 1. The highest BCUT2D eigenvalue weighted by Crippen LogP contribution is 2.33. The van der Waals surface area contributed by atoms with Gasteiger partial charge in [0, 0.05) is 36.1 Å². The lowest BCUT2D eigenvalue weighted by molar-refractivity contribution is -0.385. The Kier molecular flexibility index (Phi) is 5.63.